The Morgan fingerprint density at radius 2 is 2.27 bits per heavy atom. The number of nitrogens with one attached hydrogen (secondary N) is 1. The first-order chi connectivity index (χ1) is 4.33. The molecule has 0 aromatic heterocycles. The summed E-state index contributed by atoms with van der Waals surface area (Å²) < 4.78 is 0. The predicted octanol–water partition coefficient (Wildman–Crippen LogP) is 1.29. The number of hydrogen-bond donors (Lipinski definition) is 1. The Morgan fingerprint density at radius 3 is 2.64 bits per heavy atom. The smallest absolute Gasteiger partial charge is 0 e. The van der Waals surface area contributed by atoms with Gasteiger partial charge in [0, 0.05) is 72.9 Å². The van der Waals surface area contributed by atoms with E-state index >= 15 is 0 Å². The second-order valence-corrected chi connectivity index (χ2v) is 2.26. The van der Waals surface area contributed by atoms with Crippen molar-refractivity contribution in [2.75, 3.05) is 7.05 Å². The minimum absolute atomic E-state index is 0. The first-order valence-electron chi connectivity index (χ1n) is 3.21. The summed E-state index contributed by atoms with van der Waals surface area (Å²) in [5.74, 6) is 0.544. The molecule has 0 amide bonds. The molecular weight excluding hydrogens is 488 g/mol. The third-order valence-electron chi connectivity index (χ3n) is 1.38. The van der Waals surface area contributed by atoms with Crippen molar-refractivity contribution in [3.8, 4) is 0 Å². The molecule has 0 fully saturated rings. The van der Waals surface area contributed by atoms with Crippen molar-refractivity contribution in [2.45, 2.75) is 13.3 Å². The maximum absolute atomic E-state index is 3.21. The summed E-state index contributed by atoms with van der Waals surface area (Å²) in [5, 5.41) is 3.01. The molecule has 3 heteroatoms. The zero-order chi connectivity index (χ0) is 6.69. The van der Waals surface area contributed by atoms with Crippen LogP contribution in [0.2, 0.25) is 0 Å². The molecule has 1 rings (SSSR count). The number of hydrogen-bond acceptors (Lipinski definition) is 1. The number of allylic oxidation sites excluding steroid dienone is 3. The van der Waals surface area contributed by atoms with Crippen molar-refractivity contribution >= 4 is 0 Å². The summed E-state index contributed by atoms with van der Waals surface area (Å²) in [6.45, 7) is 2.13. The molecule has 0 saturated carbocycles. The standard InChI is InChI=1S/C8H11N.Ce.U/c1-7-3-5-8(9-2)6-4-7;;/h6-7,9H,3H2,1-2H3;;/q-2;;. The van der Waals surface area contributed by atoms with Gasteiger partial charge in [-0.2, -0.15) is 0 Å². The van der Waals surface area contributed by atoms with E-state index in [1.54, 1.807) is 0 Å². The zero-order valence-electron chi connectivity index (χ0n) is 6.86. The molecule has 0 aliphatic heterocycles. The fourth-order valence-electron chi connectivity index (χ4n) is 0.759. The van der Waals surface area contributed by atoms with Crippen molar-refractivity contribution in [1.29, 1.82) is 0 Å². The fourth-order valence-corrected chi connectivity index (χ4v) is 0.759. The van der Waals surface area contributed by atoms with Crippen LogP contribution in [0.25, 0.3) is 0 Å². The van der Waals surface area contributed by atoms with E-state index in [4.69, 9.17) is 0 Å². The van der Waals surface area contributed by atoms with E-state index in [0.29, 0.717) is 5.92 Å². The fraction of sp³-hybridized carbons (Fsp3) is 0.500. The van der Waals surface area contributed by atoms with Crippen molar-refractivity contribution < 1.29 is 72.9 Å². The van der Waals surface area contributed by atoms with Gasteiger partial charge in [0.05, 0.1) is 0 Å². The van der Waals surface area contributed by atoms with Crippen LogP contribution in [0, 0.1) is 90.9 Å². The summed E-state index contributed by atoms with van der Waals surface area (Å²) >= 11 is 0. The molecule has 1 nitrogen and oxygen atoms in total. The van der Waals surface area contributed by atoms with Crippen LogP contribution in [0.1, 0.15) is 13.3 Å². The molecule has 0 heterocycles. The molecular formula is C8H11CeNU-2. The number of rotatable bonds is 1. The summed E-state index contributed by atoms with van der Waals surface area (Å²) in [5.41, 5.74) is 1.06. The molecule has 1 unspecified atom stereocenters. The van der Waals surface area contributed by atoms with Crippen LogP contribution in [-0.4, -0.2) is 7.05 Å². The van der Waals surface area contributed by atoms with Gasteiger partial charge >= 0.3 is 0 Å². The van der Waals surface area contributed by atoms with Gasteiger partial charge in [0.2, 0.25) is 0 Å². The summed E-state index contributed by atoms with van der Waals surface area (Å²) in [6.07, 6.45) is 9.35. The molecule has 0 saturated heterocycles. The van der Waals surface area contributed by atoms with Crippen LogP contribution in [0.5, 0.6) is 0 Å². The first-order valence-corrected chi connectivity index (χ1v) is 3.21. The average molecular weight is 499 g/mol. The molecule has 0 bridgehead atoms. The van der Waals surface area contributed by atoms with Gasteiger partial charge in [-0.05, 0) is 7.05 Å². The minimum atomic E-state index is 0. The largest absolute Gasteiger partial charge is 0.499 e. The second-order valence-electron chi connectivity index (χ2n) is 2.26. The second kappa shape index (κ2) is 8.31. The van der Waals surface area contributed by atoms with Crippen molar-refractivity contribution in [1.82, 2.24) is 5.32 Å². The molecule has 1 aliphatic carbocycles. The van der Waals surface area contributed by atoms with Gasteiger partial charge in [0.1, 0.15) is 0 Å². The van der Waals surface area contributed by atoms with E-state index in [2.05, 4.69) is 24.4 Å². The molecule has 11 heavy (non-hydrogen) atoms. The molecule has 0 spiro atoms. The van der Waals surface area contributed by atoms with E-state index in [1.807, 2.05) is 13.1 Å². The van der Waals surface area contributed by atoms with Crippen LogP contribution in [0.15, 0.2) is 11.8 Å². The maximum Gasteiger partial charge on any atom is 0 e. The van der Waals surface area contributed by atoms with Gasteiger partial charge < -0.3 is 23.5 Å². The van der Waals surface area contributed by atoms with Crippen LogP contribution >= 0.6 is 0 Å². The third-order valence-corrected chi connectivity index (χ3v) is 1.38. The van der Waals surface area contributed by atoms with Gasteiger partial charge in [-0.1, -0.05) is 6.92 Å². The molecule has 1 atom stereocenters. The zero-order valence-corrected chi connectivity index (χ0v) is 14.2. The van der Waals surface area contributed by atoms with E-state index < -0.39 is 0 Å². The minimum Gasteiger partial charge on any atom is -0.499 e. The van der Waals surface area contributed by atoms with Gasteiger partial charge in [0.15, 0.2) is 0 Å². The topological polar surface area (TPSA) is 12.0 Å². The Morgan fingerprint density at radius 1 is 1.64 bits per heavy atom. The van der Waals surface area contributed by atoms with Gasteiger partial charge in [-0.15, -0.1) is 12.3 Å². The molecule has 1 N–H and O–H groups in total. The Balaban J connectivity index is 0. The van der Waals surface area contributed by atoms with E-state index in [-0.39, 0.29) is 72.9 Å². The van der Waals surface area contributed by atoms with E-state index in [1.165, 1.54) is 0 Å². The Labute approximate surface area is 126 Å². The van der Waals surface area contributed by atoms with E-state index in [9.17, 15) is 0 Å². The Hall–Kier alpha value is 1.71. The quantitative estimate of drug-likeness (QED) is 0.537. The normalized spacial score (nSPS) is 20.9. The molecule has 0 aromatic carbocycles. The molecule has 0 radical (unpaired) electrons. The SMILES string of the molecule is CNC1=[C-]CC(C)[C-]=C1.[Ce].[U]. The van der Waals surface area contributed by atoms with Gasteiger partial charge in [-0.25, -0.2) is 0 Å². The van der Waals surface area contributed by atoms with Crippen molar-refractivity contribution in [3.63, 3.8) is 0 Å². The monoisotopic (exact) mass is 499 g/mol. The summed E-state index contributed by atoms with van der Waals surface area (Å²) in [6, 6.07) is 0. The summed E-state index contributed by atoms with van der Waals surface area (Å²) in [7, 11) is 1.90. The maximum atomic E-state index is 3.21. The average Bonchev–Trinajstić information content (AvgIpc) is 1.90. The van der Waals surface area contributed by atoms with Crippen LogP contribution in [0.4, 0.5) is 0 Å². The van der Waals surface area contributed by atoms with Gasteiger partial charge in [0.25, 0.3) is 0 Å². The third kappa shape index (κ3) is 5.87. The molecule has 58 valence electrons. The Bertz CT molecular complexity index is 154. The van der Waals surface area contributed by atoms with Crippen LogP contribution in [0.3, 0.4) is 0 Å². The molecule has 0 aromatic rings. The van der Waals surface area contributed by atoms with E-state index in [0.717, 1.165) is 12.1 Å². The predicted molar refractivity (Wildman–Crippen MR) is 37.4 cm³/mol. The van der Waals surface area contributed by atoms with Crippen LogP contribution < -0.4 is 5.32 Å². The first kappa shape index (κ1) is 15.2. The molecule has 1 aliphatic rings. The number of likely N-dealkylation sites (N-methyl/N-ethyl adjacent to an activating group) is 1. The Kier molecular flexibility index (Phi) is 11.5. The van der Waals surface area contributed by atoms with Crippen molar-refractivity contribution in [2.24, 2.45) is 5.92 Å². The van der Waals surface area contributed by atoms with Gasteiger partial charge in [-0.3, -0.25) is 5.70 Å². The summed E-state index contributed by atoms with van der Waals surface area (Å²) in [4.78, 5) is 0. The van der Waals surface area contributed by atoms with Crippen molar-refractivity contribution in [3.05, 3.63) is 23.9 Å². The van der Waals surface area contributed by atoms with Crippen LogP contribution in [-0.2, 0) is 0 Å².